The van der Waals surface area contributed by atoms with Gasteiger partial charge >= 0.3 is 0 Å². The molecule has 0 saturated carbocycles. The Bertz CT molecular complexity index is 624. The molecule has 0 aliphatic carbocycles. The fourth-order valence-corrected chi connectivity index (χ4v) is 3.08. The van der Waals surface area contributed by atoms with E-state index in [0.29, 0.717) is 11.2 Å². The molecule has 2 aromatic rings. The number of nitrogens with zero attached hydrogens (tertiary/aromatic N) is 3. The first-order valence-corrected chi connectivity index (χ1v) is 7.87. The molecule has 0 N–H and O–H groups in total. The van der Waals surface area contributed by atoms with Crippen LogP contribution in [0.2, 0.25) is 5.15 Å². The average Bonchev–Trinajstić information content (AvgIpc) is 2.55. The van der Waals surface area contributed by atoms with Gasteiger partial charge in [0.25, 0.3) is 0 Å². The number of hydrogen-bond acceptors (Lipinski definition) is 3. The summed E-state index contributed by atoms with van der Waals surface area (Å²) in [6.45, 7) is 6.01. The van der Waals surface area contributed by atoms with Gasteiger partial charge in [0, 0.05) is 44.1 Å². The SMILES string of the molecule is CC(c1ccc(F)cc1)N1CCN(c2ccnc(Cl)c2)CC1. The monoisotopic (exact) mass is 319 g/mol. The highest BCUT2D eigenvalue weighted by molar-refractivity contribution is 6.29. The van der Waals surface area contributed by atoms with Crippen molar-refractivity contribution in [3.63, 3.8) is 0 Å². The quantitative estimate of drug-likeness (QED) is 0.803. The molecule has 0 amide bonds. The van der Waals surface area contributed by atoms with Crippen LogP contribution in [-0.4, -0.2) is 36.1 Å². The average molecular weight is 320 g/mol. The van der Waals surface area contributed by atoms with Crippen molar-refractivity contribution in [2.45, 2.75) is 13.0 Å². The summed E-state index contributed by atoms with van der Waals surface area (Å²) in [5.41, 5.74) is 2.27. The molecule has 1 atom stereocenters. The van der Waals surface area contributed by atoms with Crippen LogP contribution in [-0.2, 0) is 0 Å². The number of benzene rings is 1. The normalized spacial score (nSPS) is 17.5. The van der Waals surface area contributed by atoms with Gasteiger partial charge < -0.3 is 4.90 Å². The van der Waals surface area contributed by atoms with Crippen molar-refractivity contribution in [3.8, 4) is 0 Å². The Morgan fingerprint density at radius 3 is 2.41 bits per heavy atom. The highest BCUT2D eigenvalue weighted by atomic mass is 35.5. The molecule has 1 aromatic heterocycles. The standard InChI is InChI=1S/C17H19ClFN3/c1-13(14-2-4-15(19)5-3-14)21-8-10-22(11-9-21)16-6-7-20-17(18)12-16/h2-7,12-13H,8-11H2,1H3. The largest absolute Gasteiger partial charge is 0.369 e. The maximum Gasteiger partial charge on any atom is 0.131 e. The minimum Gasteiger partial charge on any atom is -0.369 e. The molecule has 0 bridgehead atoms. The summed E-state index contributed by atoms with van der Waals surface area (Å²) in [7, 11) is 0. The molecule has 1 saturated heterocycles. The van der Waals surface area contributed by atoms with Crippen molar-refractivity contribution in [1.82, 2.24) is 9.88 Å². The third-order valence-corrected chi connectivity index (χ3v) is 4.50. The Hall–Kier alpha value is -1.65. The minimum absolute atomic E-state index is 0.185. The maximum atomic E-state index is 13.0. The lowest BCUT2D eigenvalue weighted by atomic mass is 10.1. The van der Waals surface area contributed by atoms with Gasteiger partial charge in [0.05, 0.1) is 0 Å². The van der Waals surface area contributed by atoms with E-state index in [1.165, 1.54) is 12.1 Å². The summed E-state index contributed by atoms with van der Waals surface area (Å²) in [6.07, 6.45) is 1.74. The summed E-state index contributed by atoms with van der Waals surface area (Å²) in [4.78, 5) is 8.77. The zero-order valence-electron chi connectivity index (χ0n) is 12.5. The molecule has 0 radical (unpaired) electrons. The van der Waals surface area contributed by atoms with Crippen molar-refractivity contribution in [2.75, 3.05) is 31.1 Å². The van der Waals surface area contributed by atoms with Crippen LogP contribution in [0.1, 0.15) is 18.5 Å². The van der Waals surface area contributed by atoms with Crippen LogP contribution in [0.5, 0.6) is 0 Å². The van der Waals surface area contributed by atoms with Crippen LogP contribution in [0.25, 0.3) is 0 Å². The first-order chi connectivity index (χ1) is 10.6. The van der Waals surface area contributed by atoms with E-state index in [1.807, 2.05) is 24.3 Å². The fourth-order valence-electron chi connectivity index (χ4n) is 2.91. The number of aromatic nitrogens is 1. The van der Waals surface area contributed by atoms with Gasteiger partial charge in [-0.05, 0) is 36.8 Å². The first kappa shape index (κ1) is 15.3. The van der Waals surface area contributed by atoms with Gasteiger partial charge in [-0.2, -0.15) is 0 Å². The molecule has 3 nitrogen and oxygen atoms in total. The summed E-state index contributed by atoms with van der Waals surface area (Å²) >= 11 is 5.96. The predicted molar refractivity (Wildman–Crippen MR) is 87.8 cm³/mol. The number of rotatable bonds is 3. The van der Waals surface area contributed by atoms with Crippen LogP contribution < -0.4 is 4.90 Å². The molecule has 116 valence electrons. The molecule has 22 heavy (non-hydrogen) atoms. The number of halogens is 2. The van der Waals surface area contributed by atoms with Crippen molar-refractivity contribution >= 4 is 17.3 Å². The van der Waals surface area contributed by atoms with E-state index in [9.17, 15) is 4.39 Å². The number of piperazine rings is 1. The molecule has 1 unspecified atom stereocenters. The van der Waals surface area contributed by atoms with Crippen LogP contribution in [0.15, 0.2) is 42.6 Å². The van der Waals surface area contributed by atoms with E-state index in [2.05, 4.69) is 21.7 Å². The van der Waals surface area contributed by atoms with Gasteiger partial charge in [-0.3, -0.25) is 4.90 Å². The number of pyridine rings is 1. The molecule has 1 aliphatic rings. The molecule has 3 rings (SSSR count). The molecule has 1 fully saturated rings. The lowest BCUT2D eigenvalue weighted by molar-refractivity contribution is 0.198. The topological polar surface area (TPSA) is 19.4 Å². The maximum absolute atomic E-state index is 13.0. The van der Waals surface area contributed by atoms with Crippen molar-refractivity contribution in [3.05, 3.63) is 59.1 Å². The second-order valence-electron chi connectivity index (χ2n) is 5.59. The highest BCUT2D eigenvalue weighted by Crippen LogP contribution is 2.24. The zero-order valence-corrected chi connectivity index (χ0v) is 13.3. The molecular weight excluding hydrogens is 301 g/mol. The van der Waals surface area contributed by atoms with E-state index < -0.39 is 0 Å². The van der Waals surface area contributed by atoms with Gasteiger partial charge in [-0.15, -0.1) is 0 Å². The Kier molecular flexibility index (Phi) is 4.60. The van der Waals surface area contributed by atoms with Gasteiger partial charge in [0.15, 0.2) is 0 Å². The van der Waals surface area contributed by atoms with Crippen molar-refractivity contribution in [2.24, 2.45) is 0 Å². The smallest absolute Gasteiger partial charge is 0.131 e. The molecule has 1 aromatic carbocycles. The van der Waals surface area contributed by atoms with E-state index >= 15 is 0 Å². The second-order valence-corrected chi connectivity index (χ2v) is 5.97. The Labute approximate surface area is 135 Å². The summed E-state index contributed by atoms with van der Waals surface area (Å²) in [6, 6.07) is 11.0. The third kappa shape index (κ3) is 3.39. The van der Waals surface area contributed by atoms with E-state index in [4.69, 9.17) is 11.6 Å². The first-order valence-electron chi connectivity index (χ1n) is 7.49. The minimum atomic E-state index is -0.185. The van der Waals surface area contributed by atoms with Crippen LogP contribution in [0.3, 0.4) is 0 Å². The zero-order chi connectivity index (χ0) is 15.5. The molecule has 0 spiro atoms. The fraction of sp³-hybridized carbons (Fsp3) is 0.353. The van der Waals surface area contributed by atoms with Gasteiger partial charge in [0.2, 0.25) is 0 Å². The summed E-state index contributed by atoms with van der Waals surface area (Å²) < 4.78 is 13.0. The summed E-state index contributed by atoms with van der Waals surface area (Å²) in [5.74, 6) is -0.185. The lowest BCUT2D eigenvalue weighted by Crippen LogP contribution is -2.47. The van der Waals surface area contributed by atoms with Crippen LogP contribution >= 0.6 is 11.6 Å². The van der Waals surface area contributed by atoms with Crippen molar-refractivity contribution < 1.29 is 4.39 Å². The van der Waals surface area contributed by atoms with Gasteiger partial charge in [0.1, 0.15) is 11.0 Å². The van der Waals surface area contributed by atoms with Crippen LogP contribution in [0, 0.1) is 5.82 Å². The van der Waals surface area contributed by atoms with Crippen LogP contribution in [0.4, 0.5) is 10.1 Å². The van der Waals surface area contributed by atoms with E-state index in [-0.39, 0.29) is 5.82 Å². The third-order valence-electron chi connectivity index (χ3n) is 4.29. The predicted octanol–water partition coefficient (Wildman–Crippen LogP) is 3.76. The second kappa shape index (κ2) is 6.63. The van der Waals surface area contributed by atoms with Gasteiger partial charge in [-0.1, -0.05) is 23.7 Å². The molecule has 5 heteroatoms. The molecule has 1 aliphatic heterocycles. The number of hydrogen-bond donors (Lipinski definition) is 0. The Morgan fingerprint density at radius 1 is 1.09 bits per heavy atom. The van der Waals surface area contributed by atoms with Gasteiger partial charge in [-0.25, -0.2) is 9.37 Å². The lowest BCUT2D eigenvalue weighted by Gasteiger charge is -2.39. The molecular formula is C17H19ClFN3. The van der Waals surface area contributed by atoms with E-state index in [1.54, 1.807) is 6.20 Å². The highest BCUT2D eigenvalue weighted by Gasteiger charge is 2.22. The Balaban J connectivity index is 1.62. The summed E-state index contributed by atoms with van der Waals surface area (Å²) in [5, 5.41) is 0.527. The Morgan fingerprint density at radius 2 is 1.77 bits per heavy atom. The molecule has 2 heterocycles. The number of anilines is 1. The van der Waals surface area contributed by atoms with E-state index in [0.717, 1.165) is 37.4 Å². The van der Waals surface area contributed by atoms with Crippen molar-refractivity contribution in [1.29, 1.82) is 0 Å².